The van der Waals surface area contributed by atoms with Crippen molar-refractivity contribution in [3.8, 4) is 6.07 Å². The van der Waals surface area contributed by atoms with Gasteiger partial charge in [-0.15, -0.1) is 0 Å². The van der Waals surface area contributed by atoms with Crippen molar-refractivity contribution in [1.29, 1.82) is 5.26 Å². The molecule has 2 atom stereocenters. The second kappa shape index (κ2) is 8.70. The second-order valence-electron chi connectivity index (χ2n) is 7.93. The van der Waals surface area contributed by atoms with E-state index in [4.69, 9.17) is 0 Å². The molecule has 1 aliphatic rings. The number of aryl methyl sites for hydroxylation is 1. The number of halogens is 1. The summed E-state index contributed by atoms with van der Waals surface area (Å²) in [5, 5.41) is 32.6. The fourth-order valence-electron chi connectivity index (χ4n) is 3.95. The van der Waals surface area contributed by atoms with Crippen molar-refractivity contribution in [1.82, 2.24) is 20.1 Å². The Kier molecular flexibility index (Phi) is 5.81. The van der Waals surface area contributed by atoms with E-state index < -0.39 is 18.0 Å². The zero-order valence-electron chi connectivity index (χ0n) is 17.8. The molecule has 0 radical (unpaired) electrons. The van der Waals surface area contributed by atoms with Crippen molar-refractivity contribution in [2.45, 2.75) is 38.3 Å². The molecule has 166 valence electrons. The number of rotatable bonds is 8. The Morgan fingerprint density at radius 3 is 2.84 bits per heavy atom. The Hall–Kier alpha value is -3.87. The molecule has 0 saturated heterocycles. The van der Waals surface area contributed by atoms with Crippen LogP contribution >= 0.6 is 0 Å². The van der Waals surface area contributed by atoms with E-state index in [1.54, 1.807) is 10.9 Å². The predicted octanol–water partition coefficient (Wildman–Crippen LogP) is 3.96. The highest BCUT2D eigenvalue weighted by molar-refractivity contribution is 5.93. The second-order valence-corrected chi connectivity index (χ2v) is 7.93. The van der Waals surface area contributed by atoms with E-state index in [2.05, 4.69) is 26.0 Å². The van der Waals surface area contributed by atoms with Crippen LogP contribution in [-0.2, 0) is 7.05 Å². The first-order chi connectivity index (χ1) is 15.4. The van der Waals surface area contributed by atoms with E-state index in [1.807, 2.05) is 38.2 Å². The molecule has 10 heteroatoms. The highest BCUT2D eigenvalue weighted by Crippen LogP contribution is 2.37. The Morgan fingerprint density at radius 2 is 2.19 bits per heavy atom. The molecule has 0 aliphatic heterocycles. The number of nitriles is 1. The van der Waals surface area contributed by atoms with Gasteiger partial charge in [0.2, 0.25) is 0 Å². The minimum absolute atomic E-state index is 0.0209. The average Bonchev–Trinajstić information content (AvgIpc) is 3.54. The van der Waals surface area contributed by atoms with Crippen LogP contribution in [0.25, 0.3) is 10.9 Å². The Labute approximate surface area is 184 Å². The first-order valence-corrected chi connectivity index (χ1v) is 10.5. The van der Waals surface area contributed by atoms with Gasteiger partial charge in [0.05, 0.1) is 35.0 Å². The van der Waals surface area contributed by atoms with E-state index in [-0.39, 0.29) is 29.2 Å². The molecule has 1 aromatic carbocycles. The quantitative estimate of drug-likeness (QED) is 0.420. The third-order valence-corrected chi connectivity index (χ3v) is 5.76. The number of hydrogen-bond donors (Lipinski definition) is 4. The van der Waals surface area contributed by atoms with Crippen LogP contribution in [-0.4, -0.2) is 38.0 Å². The van der Waals surface area contributed by atoms with E-state index >= 15 is 0 Å². The summed E-state index contributed by atoms with van der Waals surface area (Å²) in [6.07, 6.45) is 3.00. The fourth-order valence-corrected chi connectivity index (χ4v) is 3.95. The summed E-state index contributed by atoms with van der Waals surface area (Å²) in [7, 11) is 1.83. The zero-order valence-corrected chi connectivity index (χ0v) is 17.8. The van der Waals surface area contributed by atoms with Gasteiger partial charge in [-0.3, -0.25) is 4.68 Å². The highest BCUT2D eigenvalue weighted by Gasteiger charge is 2.37. The molecule has 0 bridgehead atoms. The third kappa shape index (κ3) is 4.27. The topological polar surface area (TPSA) is 128 Å². The lowest BCUT2D eigenvalue weighted by atomic mass is 10.0. The summed E-state index contributed by atoms with van der Waals surface area (Å²) in [4.78, 5) is 15.6. The van der Waals surface area contributed by atoms with E-state index in [0.717, 1.165) is 29.8 Å². The largest absolute Gasteiger partial charge is 0.465 e. The van der Waals surface area contributed by atoms with Gasteiger partial charge in [0.15, 0.2) is 17.5 Å². The number of amides is 1. The smallest absolute Gasteiger partial charge is 0.404 e. The number of nitrogens with one attached hydrogen (secondary N) is 3. The normalized spacial score (nSPS) is 15.1. The minimum Gasteiger partial charge on any atom is -0.465 e. The van der Waals surface area contributed by atoms with Crippen LogP contribution in [0.4, 0.5) is 26.5 Å². The molecule has 2 aromatic heterocycles. The number of hydrogen-bond acceptors (Lipinski definition) is 6. The molecule has 0 spiro atoms. The Bertz CT molecular complexity index is 1200. The van der Waals surface area contributed by atoms with Gasteiger partial charge in [-0.25, -0.2) is 14.2 Å². The number of benzene rings is 1. The van der Waals surface area contributed by atoms with Crippen LogP contribution in [0.2, 0.25) is 0 Å². The van der Waals surface area contributed by atoms with E-state index in [9.17, 15) is 19.6 Å². The maximum Gasteiger partial charge on any atom is 0.404 e. The molecule has 1 aliphatic carbocycles. The molecule has 32 heavy (non-hydrogen) atoms. The van der Waals surface area contributed by atoms with Gasteiger partial charge in [-0.1, -0.05) is 13.0 Å². The summed E-state index contributed by atoms with van der Waals surface area (Å²) < 4.78 is 16.6. The maximum atomic E-state index is 14.8. The first-order valence-electron chi connectivity index (χ1n) is 10.5. The summed E-state index contributed by atoms with van der Waals surface area (Å²) in [5.41, 5.74) is 1.65. The van der Waals surface area contributed by atoms with Crippen molar-refractivity contribution in [3.63, 3.8) is 0 Å². The molecular formula is C22H24FN7O2. The molecular weight excluding hydrogens is 413 g/mol. The average molecular weight is 437 g/mol. The Morgan fingerprint density at radius 1 is 1.41 bits per heavy atom. The van der Waals surface area contributed by atoms with Crippen LogP contribution in [0.5, 0.6) is 0 Å². The van der Waals surface area contributed by atoms with Crippen LogP contribution in [0.3, 0.4) is 0 Å². The van der Waals surface area contributed by atoms with Gasteiger partial charge in [-0.2, -0.15) is 10.4 Å². The van der Waals surface area contributed by atoms with Crippen molar-refractivity contribution in [2.24, 2.45) is 13.0 Å². The minimum atomic E-state index is -1.12. The van der Waals surface area contributed by atoms with Crippen LogP contribution in [0.15, 0.2) is 30.5 Å². The maximum absolute atomic E-state index is 14.8. The lowest BCUT2D eigenvalue weighted by Gasteiger charge is -2.28. The molecule has 1 fully saturated rings. The standard InChI is InChI=1S/C22H24FN7O2/c1-3-16(27-22(31)32)19(12-7-8-12)28-21-15(23)9-13(10-24)20(29-21)26-17-5-4-6-18-14(17)11-25-30(18)2/h4-6,9,11-12,16,19,27H,3,7-8H2,1-2H3,(H,31,32)(H2,26,28,29)/t16-,19-/m0/s1. The van der Waals surface area contributed by atoms with Crippen molar-refractivity contribution in [2.75, 3.05) is 10.6 Å². The van der Waals surface area contributed by atoms with Gasteiger partial charge >= 0.3 is 6.09 Å². The summed E-state index contributed by atoms with van der Waals surface area (Å²) >= 11 is 0. The van der Waals surface area contributed by atoms with Gasteiger partial charge in [0.1, 0.15) is 6.07 Å². The number of carboxylic acid groups (broad SMARTS) is 1. The van der Waals surface area contributed by atoms with Crippen molar-refractivity contribution >= 4 is 34.3 Å². The van der Waals surface area contributed by atoms with Crippen LogP contribution in [0.1, 0.15) is 31.7 Å². The third-order valence-electron chi connectivity index (χ3n) is 5.76. The molecule has 0 unspecified atom stereocenters. The van der Waals surface area contributed by atoms with E-state index in [0.29, 0.717) is 12.1 Å². The van der Waals surface area contributed by atoms with Gasteiger partial charge in [-0.05, 0) is 43.4 Å². The molecule has 4 rings (SSSR count). The first kappa shape index (κ1) is 21.4. The summed E-state index contributed by atoms with van der Waals surface area (Å²) in [6, 6.07) is 8.03. The number of pyridine rings is 1. The highest BCUT2D eigenvalue weighted by atomic mass is 19.1. The lowest BCUT2D eigenvalue weighted by molar-refractivity contribution is 0.187. The number of carbonyl (C=O) groups is 1. The number of anilines is 3. The number of aromatic nitrogens is 3. The van der Waals surface area contributed by atoms with Crippen LogP contribution in [0, 0.1) is 23.1 Å². The van der Waals surface area contributed by atoms with Crippen LogP contribution < -0.4 is 16.0 Å². The van der Waals surface area contributed by atoms with Gasteiger partial charge < -0.3 is 21.1 Å². The number of nitrogens with zero attached hydrogens (tertiary/aromatic N) is 4. The fraction of sp³-hybridized carbons (Fsp3) is 0.364. The zero-order chi connectivity index (χ0) is 22.8. The van der Waals surface area contributed by atoms with Gasteiger partial charge in [0.25, 0.3) is 0 Å². The van der Waals surface area contributed by atoms with Crippen molar-refractivity contribution < 1.29 is 14.3 Å². The Balaban J connectivity index is 1.67. The lowest BCUT2D eigenvalue weighted by Crippen LogP contribution is -2.47. The molecule has 9 nitrogen and oxygen atoms in total. The SMILES string of the molecule is CC[C@H](NC(=O)O)[C@@H](Nc1nc(Nc2cccc3c2cnn3C)c(C#N)cc1F)C1CC1. The van der Waals surface area contributed by atoms with E-state index in [1.165, 1.54) is 0 Å². The molecule has 4 N–H and O–H groups in total. The monoisotopic (exact) mass is 437 g/mol. The number of fused-ring (bicyclic) bond motifs is 1. The van der Waals surface area contributed by atoms with Crippen molar-refractivity contribution in [3.05, 3.63) is 41.8 Å². The summed E-state index contributed by atoms with van der Waals surface area (Å²) in [6.45, 7) is 1.88. The molecule has 2 heterocycles. The van der Waals surface area contributed by atoms with Gasteiger partial charge in [0, 0.05) is 12.4 Å². The summed E-state index contributed by atoms with van der Waals surface area (Å²) in [5.74, 6) is -0.249. The molecule has 1 saturated carbocycles. The molecule has 1 amide bonds. The molecule has 3 aromatic rings. The predicted molar refractivity (Wildman–Crippen MR) is 118 cm³/mol.